The summed E-state index contributed by atoms with van der Waals surface area (Å²) >= 11 is 0. The molecule has 8 heteroatoms. The zero-order valence-corrected chi connectivity index (χ0v) is 15.8. The van der Waals surface area contributed by atoms with Crippen molar-refractivity contribution in [2.24, 2.45) is 5.92 Å². The number of rotatable bonds is 4. The van der Waals surface area contributed by atoms with E-state index in [0.717, 1.165) is 42.8 Å². The quantitative estimate of drug-likeness (QED) is 0.863. The maximum Gasteiger partial charge on any atom is 0.267 e. The summed E-state index contributed by atoms with van der Waals surface area (Å²) in [4.78, 5) is 26.6. The third-order valence-corrected chi connectivity index (χ3v) is 5.48. The minimum absolute atomic E-state index is 0.0638. The Hall–Kier alpha value is -2.48. The minimum atomic E-state index is -0.508. The second kappa shape index (κ2) is 6.92. The molecule has 144 valence electrons. The number of aromatic nitrogens is 4. The first-order valence-electron chi connectivity index (χ1n) is 9.50. The second-order valence-electron chi connectivity index (χ2n) is 7.64. The van der Waals surface area contributed by atoms with Gasteiger partial charge >= 0.3 is 0 Å². The van der Waals surface area contributed by atoms with Gasteiger partial charge in [0.05, 0.1) is 23.6 Å². The van der Waals surface area contributed by atoms with Gasteiger partial charge in [-0.15, -0.1) is 0 Å². The van der Waals surface area contributed by atoms with E-state index in [0.29, 0.717) is 24.7 Å². The van der Waals surface area contributed by atoms with Crippen LogP contribution in [0.4, 0.5) is 0 Å². The largest absolute Gasteiger partial charge is 0.386 e. The number of carbonyl (C=O) groups is 1. The smallest absolute Gasteiger partial charge is 0.267 e. The van der Waals surface area contributed by atoms with E-state index < -0.39 is 6.10 Å². The molecular weight excluding hydrogens is 346 g/mol. The Balaban J connectivity index is 1.50. The molecule has 1 unspecified atom stereocenters. The average molecular weight is 371 g/mol. The van der Waals surface area contributed by atoms with Crippen LogP contribution in [0.3, 0.4) is 0 Å². The zero-order valence-electron chi connectivity index (χ0n) is 15.8. The van der Waals surface area contributed by atoms with Gasteiger partial charge in [0.25, 0.3) is 5.56 Å². The summed E-state index contributed by atoms with van der Waals surface area (Å²) in [5.74, 6) is 0.191. The fraction of sp³-hybridized carbons (Fsp3) is 0.579. The molecule has 0 spiro atoms. The number of nitrogens with zero attached hydrogens (tertiary/aromatic N) is 5. The summed E-state index contributed by atoms with van der Waals surface area (Å²) < 4.78 is 3.13. The van der Waals surface area contributed by atoms with Crippen LogP contribution in [0.15, 0.2) is 16.9 Å². The lowest BCUT2D eigenvalue weighted by Crippen LogP contribution is -2.37. The van der Waals surface area contributed by atoms with Gasteiger partial charge in [0, 0.05) is 19.2 Å². The molecule has 1 N–H and O–H groups in total. The van der Waals surface area contributed by atoms with Gasteiger partial charge in [0.1, 0.15) is 12.6 Å². The first-order valence-corrected chi connectivity index (χ1v) is 9.50. The summed E-state index contributed by atoms with van der Waals surface area (Å²) in [7, 11) is 0. The molecule has 0 saturated heterocycles. The van der Waals surface area contributed by atoms with Crippen LogP contribution in [0.25, 0.3) is 0 Å². The van der Waals surface area contributed by atoms with Gasteiger partial charge in [-0.05, 0) is 50.7 Å². The Bertz CT molecular complexity index is 928. The summed E-state index contributed by atoms with van der Waals surface area (Å²) in [5, 5.41) is 19.1. The lowest BCUT2D eigenvalue weighted by atomic mass is 10.1. The van der Waals surface area contributed by atoms with Crippen molar-refractivity contribution in [2.75, 3.05) is 6.54 Å². The van der Waals surface area contributed by atoms with Gasteiger partial charge in [0.2, 0.25) is 5.91 Å². The monoisotopic (exact) mass is 371 g/mol. The molecule has 2 aliphatic rings. The summed E-state index contributed by atoms with van der Waals surface area (Å²) in [6.07, 6.45) is 2.37. The van der Waals surface area contributed by atoms with Gasteiger partial charge in [-0.25, -0.2) is 4.68 Å². The normalized spacial score (nSPS) is 18.1. The van der Waals surface area contributed by atoms with Crippen molar-refractivity contribution in [1.29, 1.82) is 0 Å². The van der Waals surface area contributed by atoms with Crippen molar-refractivity contribution in [3.05, 3.63) is 45.1 Å². The van der Waals surface area contributed by atoms with E-state index in [-0.39, 0.29) is 18.0 Å². The number of hydrogen-bond acceptors (Lipinski definition) is 5. The van der Waals surface area contributed by atoms with Crippen LogP contribution >= 0.6 is 0 Å². The van der Waals surface area contributed by atoms with Crippen LogP contribution < -0.4 is 5.56 Å². The lowest BCUT2D eigenvalue weighted by molar-refractivity contribution is -0.132. The fourth-order valence-electron chi connectivity index (χ4n) is 3.51. The predicted molar refractivity (Wildman–Crippen MR) is 97.9 cm³/mol. The maximum atomic E-state index is 12.8. The Morgan fingerprint density at radius 3 is 2.78 bits per heavy atom. The van der Waals surface area contributed by atoms with Gasteiger partial charge in [0.15, 0.2) is 0 Å². The molecule has 0 aromatic carbocycles. The molecule has 27 heavy (non-hydrogen) atoms. The third-order valence-electron chi connectivity index (χ3n) is 5.48. The molecule has 1 saturated carbocycles. The number of carbonyl (C=O) groups excluding carboxylic acids is 1. The molecule has 3 heterocycles. The minimum Gasteiger partial charge on any atom is -0.386 e. The van der Waals surface area contributed by atoms with Crippen molar-refractivity contribution in [3.8, 4) is 0 Å². The molecule has 1 fully saturated rings. The Morgan fingerprint density at radius 1 is 1.26 bits per heavy atom. The number of aliphatic hydroxyl groups excluding tert-OH is 1. The van der Waals surface area contributed by atoms with Crippen molar-refractivity contribution in [3.63, 3.8) is 0 Å². The van der Waals surface area contributed by atoms with Gasteiger partial charge in [-0.3, -0.25) is 14.3 Å². The lowest BCUT2D eigenvalue weighted by Gasteiger charge is -2.20. The van der Waals surface area contributed by atoms with Crippen molar-refractivity contribution in [1.82, 2.24) is 24.5 Å². The number of fused-ring (bicyclic) bond motifs is 1. The highest BCUT2D eigenvalue weighted by atomic mass is 16.3. The van der Waals surface area contributed by atoms with Crippen LogP contribution in [-0.4, -0.2) is 42.0 Å². The van der Waals surface area contributed by atoms with Gasteiger partial charge in [-0.1, -0.05) is 0 Å². The molecule has 1 amide bonds. The highest BCUT2D eigenvalue weighted by Crippen LogP contribution is 2.40. The molecular formula is C19H25N5O3. The topological polar surface area (TPSA) is 93.2 Å². The molecule has 0 bridgehead atoms. The Labute approximate surface area is 157 Å². The standard InChI is InChI=1S/C19H25N5O3/c1-12-8-17(25)24(20-13(12)2)11-18(26)22-6-3-7-23-15(10-22)9-16(21-23)19(27)14-4-5-14/h8-9,14,19,27H,3-7,10-11H2,1-2H3. The van der Waals surface area contributed by atoms with E-state index in [1.165, 1.54) is 10.7 Å². The average Bonchev–Trinajstić information content (AvgIpc) is 3.43. The molecule has 2 aromatic heterocycles. The first kappa shape index (κ1) is 17.9. The third kappa shape index (κ3) is 3.66. The van der Waals surface area contributed by atoms with Crippen molar-refractivity contribution in [2.45, 2.75) is 58.8 Å². The highest BCUT2D eigenvalue weighted by molar-refractivity contribution is 5.75. The molecule has 2 aromatic rings. The van der Waals surface area contributed by atoms with E-state index in [4.69, 9.17) is 0 Å². The van der Waals surface area contributed by atoms with E-state index >= 15 is 0 Å². The van der Waals surface area contributed by atoms with Gasteiger partial charge in [-0.2, -0.15) is 10.2 Å². The van der Waals surface area contributed by atoms with E-state index in [9.17, 15) is 14.7 Å². The van der Waals surface area contributed by atoms with Gasteiger partial charge < -0.3 is 10.0 Å². The van der Waals surface area contributed by atoms with E-state index in [1.54, 1.807) is 4.90 Å². The summed E-state index contributed by atoms with van der Waals surface area (Å²) in [6, 6.07) is 3.42. The maximum absolute atomic E-state index is 12.8. The molecule has 1 aliphatic heterocycles. The number of aliphatic hydroxyl groups is 1. The number of aryl methyl sites for hydroxylation is 3. The first-order chi connectivity index (χ1) is 12.9. The highest BCUT2D eigenvalue weighted by Gasteiger charge is 2.33. The van der Waals surface area contributed by atoms with Crippen molar-refractivity contribution < 1.29 is 9.90 Å². The molecule has 4 rings (SSSR count). The van der Waals surface area contributed by atoms with Crippen LogP contribution in [0.2, 0.25) is 0 Å². The molecule has 8 nitrogen and oxygen atoms in total. The SMILES string of the molecule is Cc1cc(=O)n(CC(=O)N2CCCn3nc(C(O)C4CC4)cc3C2)nc1C. The van der Waals surface area contributed by atoms with Crippen LogP contribution in [0.5, 0.6) is 0 Å². The number of hydrogen-bond donors (Lipinski definition) is 1. The zero-order chi connectivity index (χ0) is 19.1. The van der Waals surface area contributed by atoms with Crippen LogP contribution in [0, 0.1) is 19.8 Å². The second-order valence-corrected chi connectivity index (χ2v) is 7.64. The van der Waals surface area contributed by atoms with Crippen LogP contribution in [-0.2, 0) is 24.4 Å². The van der Waals surface area contributed by atoms with Crippen LogP contribution in [0.1, 0.15) is 48.0 Å². The molecule has 1 aliphatic carbocycles. The Morgan fingerprint density at radius 2 is 2.04 bits per heavy atom. The predicted octanol–water partition coefficient (Wildman–Crippen LogP) is 0.933. The molecule has 0 radical (unpaired) electrons. The van der Waals surface area contributed by atoms with E-state index in [1.807, 2.05) is 24.6 Å². The van der Waals surface area contributed by atoms with Crippen molar-refractivity contribution >= 4 is 5.91 Å². The Kier molecular flexibility index (Phi) is 4.59. The summed E-state index contributed by atoms with van der Waals surface area (Å²) in [6.45, 7) is 5.36. The molecule has 1 atom stereocenters. The number of amides is 1. The fourth-order valence-corrected chi connectivity index (χ4v) is 3.51. The summed E-state index contributed by atoms with van der Waals surface area (Å²) in [5.41, 5.74) is 2.94. The van der Waals surface area contributed by atoms with E-state index in [2.05, 4.69) is 10.2 Å².